The Labute approximate surface area is 371 Å². The molecule has 63 heavy (non-hydrogen) atoms. The number of aliphatic hydroxyl groups excluding tert-OH is 1. The van der Waals surface area contributed by atoms with E-state index >= 15 is 0 Å². The maximum absolute atomic E-state index is 14.7. The fourth-order valence-corrected chi connectivity index (χ4v) is 9.71. The number of alkyl carbamates (subject to hydrolysis) is 1. The highest BCUT2D eigenvalue weighted by atomic mass is 16.7. The van der Waals surface area contributed by atoms with Crippen molar-refractivity contribution in [1.29, 1.82) is 0 Å². The Kier molecular flexibility index (Phi) is 15.4. The van der Waals surface area contributed by atoms with Gasteiger partial charge in [0, 0.05) is 41.9 Å². The summed E-state index contributed by atoms with van der Waals surface area (Å²) in [4.78, 5) is 62.7. The van der Waals surface area contributed by atoms with Crippen LogP contribution in [0.25, 0.3) is 23.1 Å². The number of ether oxygens (including phenoxy) is 5. The second-order valence-electron chi connectivity index (χ2n) is 18.1. The highest BCUT2D eigenvalue weighted by Gasteiger charge is 2.57. The van der Waals surface area contributed by atoms with Crippen LogP contribution >= 0.6 is 0 Å². The van der Waals surface area contributed by atoms with Crippen LogP contribution in [-0.4, -0.2) is 113 Å². The number of pyridine rings is 1. The molecule has 340 valence electrons. The highest BCUT2D eigenvalue weighted by Crippen LogP contribution is 2.40. The molecule has 0 bridgehead atoms. The maximum atomic E-state index is 14.7. The van der Waals surface area contributed by atoms with Gasteiger partial charge in [0.25, 0.3) is 0 Å². The Bertz CT molecular complexity index is 2150. The Morgan fingerprint density at radius 2 is 1.62 bits per heavy atom. The highest BCUT2D eigenvalue weighted by molar-refractivity contribution is 6.00. The van der Waals surface area contributed by atoms with Gasteiger partial charge in [0.1, 0.15) is 23.9 Å². The lowest BCUT2D eigenvalue weighted by Gasteiger charge is -2.47. The normalized spacial score (nSPS) is 34.8. The lowest BCUT2D eigenvalue weighted by molar-refractivity contribution is -0.297. The Hall–Kier alpha value is -4.79. The number of aliphatic hydroxyl groups is 1. The molecule has 3 aromatic rings. The Morgan fingerprint density at radius 3 is 2.35 bits per heavy atom. The molecular formula is C50H65N3O10. The van der Waals surface area contributed by atoms with Crippen LogP contribution < -0.4 is 5.32 Å². The zero-order valence-electron chi connectivity index (χ0n) is 38.1. The molecule has 0 radical (unpaired) electrons. The van der Waals surface area contributed by atoms with E-state index in [0.717, 1.165) is 22.0 Å². The van der Waals surface area contributed by atoms with Crippen LogP contribution in [0.15, 0.2) is 79.0 Å². The number of amides is 1. The third-order valence-corrected chi connectivity index (χ3v) is 13.3. The van der Waals surface area contributed by atoms with E-state index in [4.69, 9.17) is 23.7 Å². The molecular weight excluding hydrogens is 803 g/mol. The quantitative estimate of drug-likeness (QED) is 0.148. The molecule has 0 spiro atoms. The van der Waals surface area contributed by atoms with Crippen molar-refractivity contribution >= 4 is 46.7 Å². The number of hydrogen-bond donors (Lipinski definition) is 2. The van der Waals surface area contributed by atoms with Crippen molar-refractivity contribution in [2.75, 3.05) is 20.2 Å². The van der Waals surface area contributed by atoms with Crippen LogP contribution in [0.1, 0.15) is 85.8 Å². The predicted octanol–water partition coefficient (Wildman–Crippen LogP) is 7.19. The second kappa shape index (κ2) is 20.4. The van der Waals surface area contributed by atoms with Crippen LogP contribution in [0.4, 0.5) is 4.79 Å². The molecule has 1 aromatic heterocycles. The number of rotatable bonds is 11. The van der Waals surface area contributed by atoms with Crippen molar-refractivity contribution in [1.82, 2.24) is 15.2 Å². The summed E-state index contributed by atoms with van der Waals surface area (Å²) in [5.74, 6) is -5.23. The number of benzene rings is 2. The largest absolute Gasteiger partial charge is 0.458 e. The number of ketones is 2. The minimum Gasteiger partial charge on any atom is -0.458 e. The minimum atomic E-state index is -1.39. The van der Waals surface area contributed by atoms with Gasteiger partial charge >= 0.3 is 12.1 Å². The molecule has 2 aromatic carbocycles. The number of carbonyl (C=O) groups excluding carboxylic acids is 4. The van der Waals surface area contributed by atoms with Crippen molar-refractivity contribution in [2.45, 2.75) is 129 Å². The third kappa shape index (κ3) is 10.8. The van der Waals surface area contributed by atoms with Gasteiger partial charge in [-0.05, 0) is 77.3 Å². The summed E-state index contributed by atoms with van der Waals surface area (Å²) in [6.07, 6.45) is 4.91. The van der Waals surface area contributed by atoms with Crippen molar-refractivity contribution in [2.24, 2.45) is 23.7 Å². The fraction of sp³-hybridized carbons (Fsp3) is 0.540. The number of aromatic nitrogens is 1. The van der Waals surface area contributed by atoms with E-state index in [1.807, 2.05) is 104 Å². The predicted molar refractivity (Wildman–Crippen MR) is 240 cm³/mol. The van der Waals surface area contributed by atoms with E-state index in [9.17, 15) is 24.3 Å². The summed E-state index contributed by atoms with van der Waals surface area (Å²) in [6.45, 7) is 14.4. The van der Waals surface area contributed by atoms with Crippen LogP contribution in [0.2, 0.25) is 0 Å². The summed E-state index contributed by atoms with van der Waals surface area (Å²) >= 11 is 0. The lowest BCUT2D eigenvalue weighted by Crippen LogP contribution is -2.60. The van der Waals surface area contributed by atoms with Crippen LogP contribution in [0.5, 0.6) is 0 Å². The van der Waals surface area contributed by atoms with Gasteiger partial charge in [-0.3, -0.25) is 24.3 Å². The zero-order valence-corrected chi connectivity index (χ0v) is 38.1. The molecule has 3 saturated heterocycles. The maximum Gasteiger partial charge on any atom is 0.408 e. The van der Waals surface area contributed by atoms with E-state index in [1.54, 1.807) is 47.7 Å². The Balaban J connectivity index is 1.35. The van der Waals surface area contributed by atoms with Crippen molar-refractivity contribution < 1.29 is 48.0 Å². The molecule has 0 aliphatic carbocycles. The molecule has 3 aliphatic rings. The average Bonchev–Trinajstić information content (AvgIpc) is 3.59. The second-order valence-corrected chi connectivity index (χ2v) is 18.1. The number of carbonyl (C=O) groups is 4. The lowest BCUT2D eigenvalue weighted by atomic mass is 9.73. The standard InChI is InChI=1S/C50H65N3O10/c1-10-40-50(8)44(52-48(58)63-50)32(4)41(54)30(2)28-49(7,59-25-17-21-36-27-37-22-14-15-23-38(37)51-29-36)45(33(5)42(55)34(6)46(57)61-40)62-47-43(56)39(26-31(3)60-47)53(9)24-16-20-35-18-12-11-13-19-35/h11-23,27,29-34,39-40,43-45,47,56H,10,24-26,28H2,1-9H3,(H,52,58)/b20-16+,21-17+/t30-,31-,32+,33+,34-,39+,40-,43-,44-,45-,47?,49+,50-/m1/s1. The van der Waals surface area contributed by atoms with Crippen LogP contribution in [-0.2, 0) is 38.1 Å². The summed E-state index contributed by atoms with van der Waals surface area (Å²) in [5.41, 5.74) is -0.00248. The minimum absolute atomic E-state index is 0.0462. The van der Waals surface area contributed by atoms with Gasteiger partial charge < -0.3 is 34.1 Å². The number of esters is 1. The van der Waals surface area contributed by atoms with E-state index in [2.05, 4.69) is 10.3 Å². The van der Waals surface area contributed by atoms with Gasteiger partial charge in [-0.2, -0.15) is 0 Å². The van der Waals surface area contributed by atoms with Gasteiger partial charge in [0.2, 0.25) is 0 Å². The number of hydrogen-bond acceptors (Lipinski definition) is 12. The SMILES string of the molecule is CC[C@H]1OC(=O)[C@H](C)C(=O)[C@H](C)[C@@H](OC2O[C@H](C)C[C@H](N(C)C/C=C/c3ccccc3)[C@H]2O)[C@@](C)(OC/C=C/c2cnc3ccccc3c2)C[C@@H](C)C(=O)[C@H](C)[C@H]2NC(=O)O[C@@]21C. The van der Waals surface area contributed by atoms with Gasteiger partial charge in [-0.15, -0.1) is 0 Å². The monoisotopic (exact) mass is 867 g/mol. The Morgan fingerprint density at radius 1 is 0.921 bits per heavy atom. The summed E-state index contributed by atoms with van der Waals surface area (Å²) in [5, 5.41) is 15.9. The molecule has 1 amide bonds. The van der Waals surface area contributed by atoms with E-state index in [-0.39, 0.29) is 37.4 Å². The zero-order chi connectivity index (χ0) is 45.6. The number of fused-ring (bicyclic) bond motifs is 2. The topological polar surface area (TPSA) is 163 Å². The molecule has 13 atom stereocenters. The first-order chi connectivity index (χ1) is 29.9. The van der Waals surface area contributed by atoms with E-state index in [1.165, 1.54) is 6.92 Å². The molecule has 13 heteroatoms. The van der Waals surface area contributed by atoms with Crippen molar-refractivity contribution in [3.63, 3.8) is 0 Å². The first-order valence-electron chi connectivity index (χ1n) is 22.3. The van der Waals surface area contributed by atoms with E-state index in [0.29, 0.717) is 13.0 Å². The first-order valence-corrected chi connectivity index (χ1v) is 22.3. The number of nitrogens with zero attached hydrogens (tertiary/aromatic N) is 2. The molecule has 3 fully saturated rings. The molecule has 4 heterocycles. The molecule has 6 rings (SSSR count). The number of para-hydroxylation sites is 1. The summed E-state index contributed by atoms with van der Waals surface area (Å²) < 4.78 is 31.9. The van der Waals surface area contributed by atoms with Crippen molar-refractivity contribution in [3.05, 3.63) is 90.1 Å². The van der Waals surface area contributed by atoms with Gasteiger partial charge in [0.15, 0.2) is 17.7 Å². The number of likely N-dealkylation sites (N-methyl/N-ethyl adjacent to an activating group) is 1. The smallest absolute Gasteiger partial charge is 0.408 e. The molecule has 13 nitrogen and oxygen atoms in total. The average molecular weight is 868 g/mol. The van der Waals surface area contributed by atoms with Crippen LogP contribution in [0, 0.1) is 23.7 Å². The van der Waals surface area contributed by atoms with Gasteiger partial charge in [0.05, 0.1) is 36.0 Å². The molecule has 1 unspecified atom stereocenters. The molecule has 2 N–H and O–H groups in total. The summed E-state index contributed by atoms with van der Waals surface area (Å²) in [6, 6.07) is 18.6. The van der Waals surface area contributed by atoms with Crippen LogP contribution in [0.3, 0.4) is 0 Å². The number of nitrogens with one attached hydrogen (secondary N) is 1. The molecule has 0 saturated carbocycles. The number of cyclic esters (lactones) is 1. The first kappa shape index (κ1) is 47.7. The van der Waals surface area contributed by atoms with Crippen molar-refractivity contribution in [3.8, 4) is 0 Å². The fourth-order valence-electron chi connectivity index (χ4n) is 9.71. The van der Waals surface area contributed by atoms with Gasteiger partial charge in [-0.25, -0.2) is 4.79 Å². The van der Waals surface area contributed by atoms with E-state index < -0.39 is 83.4 Å². The van der Waals surface area contributed by atoms with Gasteiger partial charge in [-0.1, -0.05) is 101 Å². The number of Topliss-reactive ketones (excluding diaryl/α,β-unsaturated/α-hetero) is 2. The molecule has 3 aliphatic heterocycles. The summed E-state index contributed by atoms with van der Waals surface area (Å²) in [7, 11) is 1.94. The third-order valence-electron chi connectivity index (χ3n) is 13.3.